The zero-order chi connectivity index (χ0) is 14.7. The Morgan fingerprint density at radius 2 is 2.05 bits per heavy atom. The molecule has 0 amide bonds. The van der Waals surface area contributed by atoms with E-state index >= 15 is 0 Å². The molecule has 2 heterocycles. The highest BCUT2D eigenvalue weighted by Gasteiger charge is 2.15. The van der Waals surface area contributed by atoms with Gasteiger partial charge in [0.05, 0.1) is 17.1 Å². The molecular formula is C17H19N3O. The van der Waals surface area contributed by atoms with Crippen LogP contribution in [0.25, 0.3) is 11.0 Å². The quantitative estimate of drug-likeness (QED) is 0.781. The van der Waals surface area contributed by atoms with E-state index in [-0.39, 0.29) is 0 Å². The zero-order valence-corrected chi connectivity index (χ0v) is 12.1. The second kappa shape index (κ2) is 6.06. The second-order valence-corrected chi connectivity index (χ2v) is 5.17. The Bertz CT molecular complexity index is 721. The lowest BCUT2D eigenvalue weighted by Gasteiger charge is -2.12. The van der Waals surface area contributed by atoms with Gasteiger partial charge in [-0.1, -0.05) is 25.1 Å². The average Bonchev–Trinajstić information content (AvgIpc) is 2.86. The van der Waals surface area contributed by atoms with Crippen molar-refractivity contribution in [3.63, 3.8) is 0 Å². The summed E-state index contributed by atoms with van der Waals surface area (Å²) < 4.78 is 2.20. The molecule has 3 aromatic rings. The van der Waals surface area contributed by atoms with E-state index in [1.807, 2.05) is 30.3 Å². The predicted octanol–water partition coefficient (Wildman–Crippen LogP) is 3.12. The van der Waals surface area contributed by atoms with Crippen molar-refractivity contribution in [3.05, 3.63) is 60.2 Å². The molecule has 1 aromatic carbocycles. The number of aryl methyl sites for hydroxylation is 1. The highest BCUT2D eigenvalue weighted by Crippen LogP contribution is 2.22. The van der Waals surface area contributed by atoms with E-state index in [2.05, 4.69) is 27.5 Å². The van der Waals surface area contributed by atoms with Crippen molar-refractivity contribution in [2.75, 3.05) is 0 Å². The number of hydrogen-bond donors (Lipinski definition) is 1. The van der Waals surface area contributed by atoms with E-state index in [0.717, 1.165) is 35.4 Å². The number of aromatic nitrogens is 3. The van der Waals surface area contributed by atoms with Gasteiger partial charge in [-0.25, -0.2) is 4.98 Å². The number of aliphatic hydroxyl groups excluding tert-OH is 1. The summed E-state index contributed by atoms with van der Waals surface area (Å²) in [6, 6.07) is 11.8. The number of hydrogen-bond acceptors (Lipinski definition) is 3. The lowest BCUT2D eigenvalue weighted by molar-refractivity contribution is 0.174. The van der Waals surface area contributed by atoms with Gasteiger partial charge in [0, 0.05) is 25.4 Å². The van der Waals surface area contributed by atoms with Crippen LogP contribution >= 0.6 is 0 Å². The lowest BCUT2D eigenvalue weighted by Crippen LogP contribution is -2.09. The van der Waals surface area contributed by atoms with Crippen LogP contribution in [-0.2, 0) is 13.0 Å². The van der Waals surface area contributed by atoms with Crippen molar-refractivity contribution < 1.29 is 5.11 Å². The maximum absolute atomic E-state index is 10.4. The van der Waals surface area contributed by atoms with Gasteiger partial charge in [0.1, 0.15) is 5.82 Å². The molecule has 108 valence electrons. The fourth-order valence-corrected chi connectivity index (χ4v) is 2.62. The summed E-state index contributed by atoms with van der Waals surface area (Å²) in [7, 11) is 0. The predicted molar refractivity (Wildman–Crippen MR) is 82.9 cm³/mol. The SMILES string of the molecule is CCCn1c(CC(O)c2cccnc2)nc2ccccc21. The Morgan fingerprint density at radius 1 is 1.19 bits per heavy atom. The van der Waals surface area contributed by atoms with Crippen LogP contribution in [0.4, 0.5) is 0 Å². The van der Waals surface area contributed by atoms with Crippen LogP contribution in [0.5, 0.6) is 0 Å². The topological polar surface area (TPSA) is 50.9 Å². The third-order valence-corrected chi connectivity index (χ3v) is 3.63. The molecule has 21 heavy (non-hydrogen) atoms. The smallest absolute Gasteiger partial charge is 0.112 e. The number of fused-ring (bicyclic) bond motifs is 1. The van der Waals surface area contributed by atoms with E-state index < -0.39 is 6.10 Å². The summed E-state index contributed by atoms with van der Waals surface area (Å²) in [5.41, 5.74) is 2.94. The molecule has 0 radical (unpaired) electrons. The molecule has 0 aliphatic rings. The van der Waals surface area contributed by atoms with Crippen molar-refractivity contribution in [1.29, 1.82) is 0 Å². The van der Waals surface area contributed by atoms with Crippen LogP contribution in [-0.4, -0.2) is 19.6 Å². The maximum atomic E-state index is 10.4. The first kappa shape index (κ1) is 13.8. The third kappa shape index (κ3) is 2.81. The molecule has 1 unspecified atom stereocenters. The normalized spacial score (nSPS) is 12.7. The molecule has 1 atom stereocenters. The van der Waals surface area contributed by atoms with Gasteiger partial charge in [-0.2, -0.15) is 0 Å². The summed E-state index contributed by atoms with van der Waals surface area (Å²) in [4.78, 5) is 8.74. The Kier molecular flexibility index (Phi) is 3.97. The molecule has 0 spiro atoms. The molecule has 0 aliphatic carbocycles. The van der Waals surface area contributed by atoms with Crippen LogP contribution in [0.3, 0.4) is 0 Å². The summed E-state index contributed by atoms with van der Waals surface area (Å²) in [6.07, 6.45) is 4.38. The van der Waals surface area contributed by atoms with Crippen LogP contribution < -0.4 is 0 Å². The van der Waals surface area contributed by atoms with Gasteiger partial charge in [-0.15, -0.1) is 0 Å². The van der Waals surface area contributed by atoms with E-state index in [4.69, 9.17) is 0 Å². The van der Waals surface area contributed by atoms with Gasteiger partial charge < -0.3 is 9.67 Å². The van der Waals surface area contributed by atoms with Gasteiger partial charge in [-0.05, 0) is 30.2 Å². The number of pyridine rings is 1. The first-order chi connectivity index (χ1) is 10.3. The number of benzene rings is 1. The van der Waals surface area contributed by atoms with Crippen LogP contribution in [0.15, 0.2) is 48.8 Å². The van der Waals surface area contributed by atoms with Crippen LogP contribution in [0.1, 0.15) is 30.8 Å². The van der Waals surface area contributed by atoms with E-state index in [0.29, 0.717) is 6.42 Å². The van der Waals surface area contributed by atoms with Crippen LogP contribution in [0, 0.1) is 0 Å². The largest absolute Gasteiger partial charge is 0.388 e. The molecule has 2 aromatic heterocycles. The van der Waals surface area contributed by atoms with Gasteiger partial charge in [0.2, 0.25) is 0 Å². The highest BCUT2D eigenvalue weighted by molar-refractivity contribution is 5.75. The van der Waals surface area contributed by atoms with Crippen molar-refractivity contribution in [2.24, 2.45) is 0 Å². The van der Waals surface area contributed by atoms with Crippen molar-refractivity contribution >= 4 is 11.0 Å². The van der Waals surface area contributed by atoms with Gasteiger partial charge in [-0.3, -0.25) is 4.98 Å². The summed E-state index contributed by atoms with van der Waals surface area (Å²) >= 11 is 0. The Morgan fingerprint density at radius 3 is 2.81 bits per heavy atom. The maximum Gasteiger partial charge on any atom is 0.112 e. The van der Waals surface area contributed by atoms with Gasteiger partial charge >= 0.3 is 0 Å². The monoisotopic (exact) mass is 281 g/mol. The Hall–Kier alpha value is -2.20. The van der Waals surface area contributed by atoms with Crippen molar-refractivity contribution in [1.82, 2.24) is 14.5 Å². The minimum absolute atomic E-state index is 0.500. The first-order valence-corrected chi connectivity index (χ1v) is 7.31. The van der Waals surface area contributed by atoms with Crippen molar-refractivity contribution in [2.45, 2.75) is 32.4 Å². The fraction of sp³-hybridized carbons (Fsp3) is 0.294. The van der Waals surface area contributed by atoms with Crippen LogP contribution in [0.2, 0.25) is 0 Å². The number of aliphatic hydroxyl groups is 1. The molecule has 0 saturated carbocycles. The average molecular weight is 281 g/mol. The molecule has 0 bridgehead atoms. The number of para-hydroxylation sites is 2. The number of imidazole rings is 1. The molecule has 0 aliphatic heterocycles. The molecule has 4 heteroatoms. The molecular weight excluding hydrogens is 262 g/mol. The lowest BCUT2D eigenvalue weighted by atomic mass is 10.1. The Labute approximate surface area is 124 Å². The fourth-order valence-electron chi connectivity index (χ4n) is 2.62. The summed E-state index contributed by atoms with van der Waals surface area (Å²) in [5, 5.41) is 10.4. The van der Waals surface area contributed by atoms with E-state index in [1.54, 1.807) is 12.4 Å². The molecule has 1 N–H and O–H groups in total. The minimum Gasteiger partial charge on any atom is -0.388 e. The van der Waals surface area contributed by atoms with Gasteiger partial charge in [0.15, 0.2) is 0 Å². The summed E-state index contributed by atoms with van der Waals surface area (Å²) in [6.45, 7) is 3.06. The number of nitrogens with zero attached hydrogens (tertiary/aromatic N) is 3. The Balaban J connectivity index is 1.94. The second-order valence-electron chi connectivity index (χ2n) is 5.17. The molecule has 0 fully saturated rings. The highest BCUT2D eigenvalue weighted by atomic mass is 16.3. The first-order valence-electron chi connectivity index (χ1n) is 7.31. The molecule has 3 rings (SSSR count). The minimum atomic E-state index is -0.578. The van der Waals surface area contributed by atoms with E-state index in [1.165, 1.54) is 0 Å². The molecule has 4 nitrogen and oxygen atoms in total. The third-order valence-electron chi connectivity index (χ3n) is 3.63. The van der Waals surface area contributed by atoms with Gasteiger partial charge in [0.25, 0.3) is 0 Å². The molecule has 0 saturated heterocycles. The number of rotatable bonds is 5. The summed E-state index contributed by atoms with van der Waals surface area (Å²) in [5.74, 6) is 0.925. The van der Waals surface area contributed by atoms with E-state index in [9.17, 15) is 5.11 Å². The zero-order valence-electron chi connectivity index (χ0n) is 12.1. The van der Waals surface area contributed by atoms with Crippen molar-refractivity contribution in [3.8, 4) is 0 Å². The standard InChI is InChI=1S/C17H19N3O/c1-2-10-20-15-8-4-3-7-14(15)19-17(20)11-16(21)13-6-5-9-18-12-13/h3-9,12,16,21H,2,10-11H2,1H3.